The molecule has 0 saturated carbocycles. The number of carbonyl (C=O) groups is 1. The zero-order valence-electron chi connectivity index (χ0n) is 15.4. The van der Waals surface area contributed by atoms with Crippen LogP contribution in [0.3, 0.4) is 0 Å². The smallest absolute Gasteiger partial charge is 0.261 e. The summed E-state index contributed by atoms with van der Waals surface area (Å²) in [7, 11) is -2.34. The molecule has 4 rings (SSSR count). The van der Waals surface area contributed by atoms with Crippen LogP contribution in [0.25, 0.3) is 10.8 Å². The minimum Gasteiger partial charge on any atom is -0.495 e. The Kier molecular flexibility index (Phi) is 4.68. The van der Waals surface area contributed by atoms with Crippen LogP contribution in [-0.2, 0) is 14.8 Å². The fourth-order valence-corrected chi connectivity index (χ4v) is 4.57. The molecule has 1 saturated heterocycles. The number of methoxy groups -OCH3 is 1. The van der Waals surface area contributed by atoms with Crippen molar-refractivity contribution in [1.29, 1.82) is 0 Å². The molecule has 1 amide bonds. The number of benzene rings is 3. The summed E-state index contributed by atoms with van der Waals surface area (Å²) in [6.07, 6.45) is 1.20. The van der Waals surface area contributed by atoms with Gasteiger partial charge < -0.3 is 9.64 Å². The van der Waals surface area contributed by atoms with E-state index in [2.05, 4.69) is 4.72 Å². The summed E-state index contributed by atoms with van der Waals surface area (Å²) in [6.45, 7) is 0.551. The van der Waals surface area contributed by atoms with Gasteiger partial charge in [-0.15, -0.1) is 0 Å². The number of nitrogens with zero attached hydrogens (tertiary/aromatic N) is 1. The number of hydrogen-bond donors (Lipinski definition) is 1. The molecule has 0 unspecified atom stereocenters. The van der Waals surface area contributed by atoms with Gasteiger partial charge in [-0.2, -0.15) is 0 Å². The van der Waals surface area contributed by atoms with Gasteiger partial charge >= 0.3 is 0 Å². The van der Waals surface area contributed by atoms with Crippen molar-refractivity contribution in [3.8, 4) is 5.75 Å². The van der Waals surface area contributed by atoms with Gasteiger partial charge in [-0.05, 0) is 36.1 Å². The van der Waals surface area contributed by atoms with Crippen molar-refractivity contribution in [2.75, 3.05) is 23.3 Å². The SMILES string of the molecule is COc1ccc(S(=O)(=O)Nc2cccc3ccccc23)cc1N1CCCC1=O. The van der Waals surface area contributed by atoms with Gasteiger partial charge in [0.05, 0.1) is 23.4 Å². The van der Waals surface area contributed by atoms with E-state index in [1.54, 1.807) is 17.0 Å². The highest BCUT2D eigenvalue weighted by Crippen LogP contribution is 2.34. The van der Waals surface area contributed by atoms with E-state index in [9.17, 15) is 13.2 Å². The van der Waals surface area contributed by atoms with Crippen LogP contribution in [0, 0.1) is 0 Å². The number of carbonyl (C=O) groups excluding carboxylic acids is 1. The molecule has 144 valence electrons. The summed E-state index contributed by atoms with van der Waals surface area (Å²) in [5.41, 5.74) is 0.985. The minimum absolute atomic E-state index is 0.0325. The maximum Gasteiger partial charge on any atom is 0.261 e. The third-order valence-corrected chi connectivity index (χ3v) is 6.22. The van der Waals surface area contributed by atoms with E-state index in [-0.39, 0.29) is 10.8 Å². The number of ether oxygens (including phenoxy) is 1. The summed E-state index contributed by atoms with van der Waals surface area (Å²) >= 11 is 0. The van der Waals surface area contributed by atoms with Crippen LogP contribution in [0.5, 0.6) is 5.75 Å². The van der Waals surface area contributed by atoms with Crippen molar-refractivity contribution in [2.45, 2.75) is 17.7 Å². The Morgan fingerprint density at radius 1 is 1.04 bits per heavy atom. The summed E-state index contributed by atoms with van der Waals surface area (Å²) in [5.74, 6) is 0.439. The molecule has 1 heterocycles. The summed E-state index contributed by atoms with van der Waals surface area (Å²) in [5, 5.41) is 1.76. The normalized spacial score (nSPS) is 14.5. The van der Waals surface area contributed by atoms with Crippen LogP contribution in [0.2, 0.25) is 0 Å². The molecule has 28 heavy (non-hydrogen) atoms. The average molecular weight is 396 g/mol. The third-order valence-electron chi connectivity index (χ3n) is 4.86. The lowest BCUT2D eigenvalue weighted by molar-refractivity contribution is -0.117. The molecule has 1 aliphatic heterocycles. The van der Waals surface area contributed by atoms with Crippen molar-refractivity contribution >= 4 is 38.1 Å². The van der Waals surface area contributed by atoms with Crippen LogP contribution < -0.4 is 14.4 Å². The lowest BCUT2D eigenvalue weighted by atomic mass is 10.1. The molecule has 0 bridgehead atoms. The van der Waals surface area contributed by atoms with E-state index in [1.807, 2.05) is 36.4 Å². The molecule has 3 aromatic rings. The first-order valence-electron chi connectivity index (χ1n) is 8.98. The molecule has 0 radical (unpaired) electrons. The Hall–Kier alpha value is -3.06. The van der Waals surface area contributed by atoms with Gasteiger partial charge in [0.2, 0.25) is 5.91 Å². The van der Waals surface area contributed by atoms with Gasteiger partial charge in [-0.25, -0.2) is 8.42 Å². The summed E-state index contributed by atoms with van der Waals surface area (Å²) in [4.78, 5) is 13.8. The van der Waals surface area contributed by atoms with Gasteiger partial charge in [-0.3, -0.25) is 9.52 Å². The quantitative estimate of drug-likeness (QED) is 0.712. The fourth-order valence-electron chi connectivity index (χ4n) is 3.47. The number of nitrogens with one attached hydrogen (secondary N) is 1. The standard InChI is InChI=1S/C21H20N2O4S/c1-27-20-12-11-16(14-19(20)23-13-5-10-21(23)24)28(25,26)22-18-9-4-7-15-6-2-3-8-17(15)18/h2-4,6-9,11-12,14,22H,5,10,13H2,1H3. The Bertz CT molecular complexity index is 1150. The molecule has 1 aliphatic rings. The van der Waals surface area contributed by atoms with Crippen LogP contribution in [-0.4, -0.2) is 28.0 Å². The van der Waals surface area contributed by atoms with E-state index in [0.29, 0.717) is 30.1 Å². The van der Waals surface area contributed by atoms with E-state index in [0.717, 1.165) is 17.2 Å². The molecule has 1 N–H and O–H groups in total. The number of rotatable bonds is 5. The van der Waals surface area contributed by atoms with Crippen molar-refractivity contribution < 1.29 is 17.9 Å². The molecule has 1 fully saturated rings. The van der Waals surface area contributed by atoms with Crippen molar-refractivity contribution in [2.24, 2.45) is 0 Å². The fraction of sp³-hybridized carbons (Fsp3) is 0.190. The zero-order valence-corrected chi connectivity index (χ0v) is 16.2. The zero-order chi connectivity index (χ0) is 19.7. The summed E-state index contributed by atoms with van der Waals surface area (Å²) in [6, 6.07) is 17.6. The first-order valence-corrected chi connectivity index (χ1v) is 10.5. The van der Waals surface area contributed by atoms with Gasteiger partial charge in [0.15, 0.2) is 0 Å². The first-order chi connectivity index (χ1) is 13.5. The van der Waals surface area contributed by atoms with Crippen LogP contribution in [0.15, 0.2) is 65.6 Å². The maximum absolute atomic E-state index is 13.0. The molecule has 0 atom stereocenters. The number of hydrogen-bond acceptors (Lipinski definition) is 4. The van der Waals surface area contributed by atoms with Gasteiger partial charge in [0.1, 0.15) is 5.75 Å². The predicted octanol–water partition coefficient (Wildman–Crippen LogP) is 3.78. The highest BCUT2D eigenvalue weighted by atomic mass is 32.2. The highest BCUT2D eigenvalue weighted by Gasteiger charge is 2.26. The van der Waals surface area contributed by atoms with Crippen LogP contribution in [0.4, 0.5) is 11.4 Å². The van der Waals surface area contributed by atoms with Crippen molar-refractivity contribution in [3.05, 3.63) is 60.7 Å². The monoisotopic (exact) mass is 396 g/mol. The lowest BCUT2D eigenvalue weighted by Gasteiger charge is -2.20. The first kappa shape index (κ1) is 18.3. The van der Waals surface area contributed by atoms with Crippen molar-refractivity contribution in [3.63, 3.8) is 0 Å². The molecule has 0 spiro atoms. The number of anilines is 2. The maximum atomic E-state index is 13.0. The van der Waals surface area contributed by atoms with Gasteiger partial charge in [0.25, 0.3) is 10.0 Å². The predicted molar refractivity (Wildman–Crippen MR) is 109 cm³/mol. The summed E-state index contributed by atoms with van der Waals surface area (Å²) < 4.78 is 34.1. The molecular formula is C21H20N2O4S. The Morgan fingerprint density at radius 2 is 1.82 bits per heavy atom. The Balaban J connectivity index is 1.74. The van der Waals surface area contributed by atoms with Gasteiger partial charge in [0, 0.05) is 18.4 Å². The second-order valence-corrected chi connectivity index (χ2v) is 8.30. The lowest BCUT2D eigenvalue weighted by Crippen LogP contribution is -2.25. The second-order valence-electron chi connectivity index (χ2n) is 6.61. The van der Waals surface area contributed by atoms with E-state index >= 15 is 0 Å². The molecule has 3 aromatic carbocycles. The van der Waals surface area contributed by atoms with Crippen LogP contribution >= 0.6 is 0 Å². The number of amides is 1. The Morgan fingerprint density at radius 3 is 2.57 bits per heavy atom. The molecule has 0 aliphatic carbocycles. The molecule has 0 aromatic heterocycles. The van der Waals surface area contributed by atoms with E-state index in [4.69, 9.17) is 4.74 Å². The average Bonchev–Trinajstić information content (AvgIpc) is 3.13. The van der Waals surface area contributed by atoms with Gasteiger partial charge in [-0.1, -0.05) is 36.4 Å². The van der Waals surface area contributed by atoms with E-state index < -0.39 is 10.0 Å². The largest absolute Gasteiger partial charge is 0.495 e. The minimum atomic E-state index is -3.84. The number of fused-ring (bicyclic) bond motifs is 1. The Labute approximate surface area is 163 Å². The second kappa shape index (κ2) is 7.16. The van der Waals surface area contributed by atoms with E-state index in [1.165, 1.54) is 19.2 Å². The molecular weight excluding hydrogens is 376 g/mol. The highest BCUT2D eigenvalue weighted by molar-refractivity contribution is 7.92. The third kappa shape index (κ3) is 3.29. The number of sulfonamides is 1. The topological polar surface area (TPSA) is 75.7 Å². The molecule has 7 heteroatoms. The van der Waals surface area contributed by atoms with Crippen molar-refractivity contribution in [1.82, 2.24) is 0 Å². The molecule has 6 nitrogen and oxygen atoms in total. The van der Waals surface area contributed by atoms with Crippen LogP contribution in [0.1, 0.15) is 12.8 Å².